The Balaban J connectivity index is 2.22. The molecule has 1 fully saturated rings. The molecule has 0 bridgehead atoms. The van der Waals surface area contributed by atoms with Gasteiger partial charge < -0.3 is 10.6 Å². The number of hydrogen-bond donors (Lipinski definition) is 1. The standard InChI is InChI=1S/C12H20N4/c1-8-4-9(2)7-16(6-8)12-5-11(13)14-10(3)15-12/h5,8-9H,4,6-7H2,1-3H3,(H2,13,14,15)/t8-,9-/m0/s1. The van der Waals surface area contributed by atoms with Crippen LogP contribution in [0, 0.1) is 18.8 Å². The summed E-state index contributed by atoms with van der Waals surface area (Å²) in [4.78, 5) is 10.9. The predicted molar refractivity (Wildman–Crippen MR) is 66.3 cm³/mol. The molecule has 0 spiro atoms. The number of nitrogens with zero attached hydrogens (tertiary/aromatic N) is 3. The highest BCUT2D eigenvalue weighted by atomic mass is 15.2. The van der Waals surface area contributed by atoms with Crippen LogP contribution in [0.4, 0.5) is 11.6 Å². The molecule has 0 amide bonds. The van der Waals surface area contributed by atoms with Crippen molar-refractivity contribution in [2.24, 2.45) is 11.8 Å². The van der Waals surface area contributed by atoms with E-state index in [1.54, 1.807) is 0 Å². The summed E-state index contributed by atoms with van der Waals surface area (Å²) in [7, 11) is 0. The molecule has 2 heterocycles. The first-order valence-corrected chi connectivity index (χ1v) is 5.90. The monoisotopic (exact) mass is 220 g/mol. The molecule has 0 aliphatic carbocycles. The molecule has 4 nitrogen and oxygen atoms in total. The molecule has 1 saturated heterocycles. The van der Waals surface area contributed by atoms with Crippen LogP contribution >= 0.6 is 0 Å². The zero-order valence-corrected chi connectivity index (χ0v) is 10.3. The van der Waals surface area contributed by atoms with Crippen molar-refractivity contribution in [2.45, 2.75) is 27.2 Å². The van der Waals surface area contributed by atoms with E-state index in [-0.39, 0.29) is 0 Å². The smallest absolute Gasteiger partial charge is 0.134 e. The molecule has 1 aliphatic heterocycles. The molecule has 88 valence electrons. The molecule has 1 aromatic heterocycles. The van der Waals surface area contributed by atoms with Crippen LogP contribution in [0.15, 0.2) is 6.07 Å². The molecular formula is C12H20N4. The van der Waals surface area contributed by atoms with Gasteiger partial charge in [0.2, 0.25) is 0 Å². The third-order valence-corrected chi connectivity index (χ3v) is 3.04. The molecule has 0 unspecified atom stereocenters. The van der Waals surface area contributed by atoms with Crippen LogP contribution in [0.5, 0.6) is 0 Å². The van der Waals surface area contributed by atoms with Crippen LogP contribution < -0.4 is 10.6 Å². The minimum absolute atomic E-state index is 0.563. The zero-order valence-electron chi connectivity index (χ0n) is 10.3. The number of rotatable bonds is 1. The van der Waals surface area contributed by atoms with Crippen LogP contribution in [0.25, 0.3) is 0 Å². The van der Waals surface area contributed by atoms with E-state index < -0.39 is 0 Å². The van der Waals surface area contributed by atoms with Crippen LogP contribution in [-0.2, 0) is 0 Å². The number of anilines is 2. The third-order valence-electron chi connectivity index (χ3n) is 3.04. The second kappa shape index (κ2) is 4.28. The van der Waals surface area contributed by atoms with Crippen LogP contribution in [0.2, 0.25) is 0 Å². The van der Waals surface area contributed by atoms with Crippen molar-refractivity contribution in [3.05, 3.63) is 11.9 Å². The third kappa shape index (κ3) is 2.43. The van der Waals surface area contributed by atoms with Crippen molar-refractivity contribution in [2.75, 3.05) is 23.7 Å². The number of nitrogens with two attached hydrogens (primary N) is 1. The lowest BCUT2D eigenvalue weighted by Crippen LogP contribution is -2.39. The normalized spacial score (nSPS) is 25.8. The maximum absolute atomic E-state index is 5.76. The largest absolute Gasteiger partial charge is 0.384 e. The van der Waals surface area contributed by atoms with E-state index in [0.717, 1.165) is 36.6 Å². The molecule has 16 heavy (non-hydrogen) atoms. The second-order valence-electron chi connectivity index (χ2n) is 5.05. The number of nitrogen functional groups attached to an aromatic ring is 1. The Morgan fingerprint density at radius 2 is 1.88 bits per heavy atom. The van der Waals surface area contributed by atoms with E-state index in [9.17, 15) is 0 Å². The highest BCUT2D eigenvalue weighted by Gasteiger charge is 2.23. The van der Waals surface area contributed by atoms with Gasteiger partial charge in [-0.3, -0.25) is 0 Å². The topological polar surface area (TPSA) is 55.0 Å². The Hall–Kier alpha value is -1.32. The molecule has 0 saturated carbocycles. The van der Waals surface area contributed by atoms with Gasteiger partial charge >= 0.3 is 0 Å². The maximum atomic E-state index is 5.76. The van der Waals surface area contributed by atoms with E-state index in [0.29, 0.717) is 5.82 Å². The molecule has 0 aromatic carbocycles. The van der Waals surface area contributed by atoms with Crippen molar-refractivity contribution >= 4 is 11.6 Å². The van der Waals surface area contributed by atoms with Gasteiger partial charge in [0.15, 0.2) is 0 Å². The fraction of sp³-hybridized carbons (Fsp3) is 0.667. The number of hydrogen-bond acceptors (Lipinski definition) is 4. The van der Waals surface area contributed by atoms with Gasteiger partial charge in [0, 0.05) is 19.2 Å². The van der Waals surface area contributed by atoms with Crippen LogP contribution in [-0.4, -0.2) is 23.1 Å². The SMILES string of the molecule is Cc1nc(N)cc(N2C[C@@H](C)C[C@H](C)C2)n1. The summed E-state index contributed by atoms with van der Waals surface area (Å²) in [6.45, 7) is 8.61. The van der Waals surface area contributed by atoms with Crippen molar-refractivity contribution in [3.63, 3.8) is 0 Å². The lowest BCUT2D eigenvalue weighted by Gasteiger charge is -2.35. The fourth-order valence-electron chi connectivity index (χ4n) is 2.59. The Morgan fingerprint density at radius 1 is 1.25 bits per heavy atom. The first kappa shape index (κ1) is 11.2. The molecule has 1 aromatic rings. The Morgan fingerprint density at radius 3 is 2.44 bits per heavy atom. The molecular weight excluding hydrogens is 200 g/mol. The van der Waals surface area contributed by atoms with Gasteiger partial charge in [-0.25, -0.2) is 9.97 Å². The highest BCUT2D eigenvalue weighted by molar-refractivity contribution is 5.47. The number of aromatic nitrogens is 2. The van der Waals surface area contributed by atoms with E-state index >= 15 is 0 Å². The molecule has 2 atom stereocenters. The van der Waals surface area contributed by atoms with Gasteiger partial charge in [-0.1, -0.05) is 13.8 Å². The average molecular weight is 220 g/mol. The van der Waals surface area contributed by atoms with Gasteiger partial charge in [0.1, 0.15) is 17.5 Å². The molecule has 2 rings (SSSR count). The number of piperidine rings is 1. The quantitative estimate of drug-likeness (QED) is 0.784. The van der Waals surface area contributed by atoms with Gasteiger partial charge in [-0.05, 0) is 25.2 Å². The average Bonchev–Trinajstić information content (AvgIpc) is 2.14. The molecule has 1 aliphatic rings. The minimum Gasteiger partial charge on any atom is -0.384 e. The summed E-state index contributed by atoms with van der Waals surface area (Å²) in [5.41, 5.74) is 5.76. The lowest BCUT2D eigenvalue weighted by molar-refractivity contribution is 0.355. The Bertz CT molecular complexity index is 347. The van der Waals surface area contributed by atoms with Crippen LogP contribution in [0.1, 0.15) is 26.1 Å². The Labute approximate surface area is 96.9 Å². The molecule has 0 radical (unpaired) electrons. The van der Waals surface area contributed by atoms with E-state index in [1.807, 2.05) is 13.0 Å². The van der Waals surface area contributed by atoms with E-state index in [4.69, 9.17) is 5.73 Å². The van der Waals surface area contributed by atoms with Gasteiger partial charge in [-0.15, -0.1) is 0 Å². The number of aryl methyl sites for hydroxylation is 1. The second-order valence-corrected chi connectivity index (χ2v) is 5.05. The minimum atomic E-state index is 0.563. The predicted octanol–water partition coefficient (Wildman–Crippen LogP) is 1.85. The summed E-state index contributed by atoms with van der Waals surface area (Å²) in [6, 6.07) is 1.87. The first-order valence-electron chi connectivity index (χ1n) is 5.90. The molecule has 4 heteroatoms. The summed E-state index contributed by atoms with van der Waals surface area (Å²) < 4.78 is 0. The van der Waals surface area contributed by atoms with Crippen molar-refractivity contribution in [1.29, 1.82) is 0 Å². The summed E-state index contributed by atoms with van der Waals surface area (Å²) >= 11 is 0. The molecule has 2 N–H and O–H groups in total. The van der Waals surface area contributed by atoms with Crippen molar-refractivity contribution in [1.82, 2.24) is 9.97 Å². The summed E-state index contributed by atoms with van der Waals surface area (Å²) in [5, 5.41) is 0. The van der Waals surface area contributed by atoms with Gasteiger partial charge in [-0.2, -0.15) is 0 Å². The fourth-order valence-corrected chi connectivity index (χ4v) is 2.59. The lowest BCUT2D eigenvalue weighted by atomic mass is 9.92. The van der Waals surface area contributed by atoms with Gasteiger partial charge in [0.05, 0.1) is 0 Å². The Kier molecular flexibility index (Phi) is 2.99. The zero-order chi connectivity index (χ0) is 11.7. The van der Waals surface area contributed by atoms with Crippen molar-refractivity contribution in [3.8, 4) is 0 Å². The first-order chi connectivity index (χ1) is 7.54. The maximum Gasteiger partial charge on any atom is 0.134 e. The summed E-state index contributed by atoms with van der Waals surface area (Å²) in [6.07, 6.45) is 1.30. The van der Waals surface area contributed by atoms with Crippen molar-refractivity contribution < 1.29 is 0 Å². The van der Waals surface area contributed by atoms with Gasteiger partial charge in [0.25, 0.3) is 0 Å². The highest BCUT2D eigenvalue weighted by Crippen LogP contribution is 2.25. The van der Waals surface area contributed by atoms with Crippen LogP contribution in [0.3, 0.4) is 0 Å². The van der Waals surface area contributed by atoms with E-state index in [2.05, 4.69) is 28.7 Å². The van der Waals surface area contributed by atoms with E-state index in [1.165, 1.54) is 6.42 Å². The summed E-state index contributed by atoms with van der Waals surface area (Å²) in [5.74, 6) is 3.73.